The van der Waals surface area contributed by atoms with Crippen molar-refractivity contribution in [3.05, 3.63) is 24.3 Å². The number of hydrogen-bond donors (Lipinski definition) is 1. The number of nitrogens with zero attached hydrogens (tertiary/aromatic N) is 2. The summed E-state index contributed by atoms with van der Waals surface area (Å²) in [4.78, 5) is 29.3. The second-order valence-electron chi connectivity index (χ2n) is 7.40. The average Bonchev–Trinajstić information content (AvgIpc) is 3.48. The van der Waals surface area contributed by atoms with Gasteiger partial charge in [0.1, 0.15) is 0 Å². The van der Waals surface area contributed by atoms with Crippen LogP contribution in [-0.2, 0) is 9.59 Å². The minimum Gasteiger partial charge on any atom is -0.372 e. The van der Waals surface area contributed by atoms with Crippen LogP contribution < -0.4 is 10.2 Å². The summed E-state index contributed by atoms with van der Waals surface area (Å²) in [6.07, 6.45) is 5.30. The van der Waals surface area contributed by atoms with Gasteiger partial charge >= 0.3 is 0 Å². The molecule has 5 heteroatoms. The fourth-order valence-corrected chi connectivity index (χ4v) is 3.86. The number of rotatable bonds is 6. The van der Waals surface area contributed by atoms with Crippen molar-refractivity contribution in [2.24, 2.45) is 11.8 Å². The minimum atomic E-state index is -0.159. The molecule has 1 heterocycles. The Kier molecular flexibility index (Phi) is 6.17. The molecule has 1 aliphatic heterocycles. The van der Waals surface area contributed by atoms with Gasteiger partial charge in [0.15, 0.2) is 0 Å². The van der Waals surface area contributed by atoms with Crippen molar-refractivity contribution in [1.29, 1.82) is 0 Å². The van der Waals surface area contributed by atoms with Gasteiger partial charge < -0.3 is 15.1 Å². The number of anilines is 2. The molecule has 5 nitrogen and oxygen atoms in total. The predicted octanol–water partition coefficient (Wildman–Crippen LogP) is 3.51. The van der Waals surface area contributed by atoms with Crippen molar-refractivity contribution in [1.82, 2.24) is 4.90 Å². The number of nitrogens with one attached hydrogen (secondary N) is 1. The van der Waals surface area contributed by atoms with Gasteiger partial charge in [-0.15, -0.1) is 0 Å². The Labute approximate surface area is 156 Å². The van der Waals surface area contributed by atoms with E-state index in [1.807, 2.05) is 29.2 Å². The standard InChI is InChI=1S/C21H31N3O2/c1-3-23(4-2)17-11-9-16(10-12-17)22-20(25)18-15-19(18)21(26)24-13-7-5-6-8-14-24/h9-12,18-19H,3-8,13-15H2,1-2H3,(H,22,25). The molecule has 0 radical (unpaired) electrons. The third-order valence-electron chi connectivity index (χ3n) is 5.63. The number of hydrogen-bond acceptors (Lipinski definition) is 3. The van der Waals surface area contributed by atoms with E-state index in [4.69, 9.17) is 0 Å². The van der Waals surface area contributed by atoms with Crippen molar-refractivity contribution in [2.45, 2.75) is 46.0 Å². The summed E-state index contributed by atoms with van der Waals surface area (Å²) in [5, 5.41) is 2.98. The average molecular weight is 357 g/mol. The van der Waals surface area contributed by atoms with Crippen LogP contribution in [0.1, 0.15) is 46.0 Å². The molecule has 2 aliphatic rings. The molecule has 0 spiro atoms. The van der Waals surface area contributed by atoms with Gasteiger partial charge in [-0.3, -0.25) is 9.59 Å². The lowest BCUT2D eigenvalue weighted by Gasteiger charge is -2.21. The molecule has 3 rings (SSSR count). The zero-order valence-electron chi connectivity index (χ0n) is 16.0. The van der Waals surface area contributed by atoms with Gasteiger partial charge in [-0.05, 0) is 57.4 Å². The maximum atomic E-state index is 12.6. The van der Waals surface area contributed by atoms with Crippen molar-refractivity contribution >= 4 is 23.2 Å². The van der Waals surface area contributed by atoms with Gasteiger partial charge in [0.2, 0.25) is 11.8 Å². The van der Waals surface area contributed by atoms with Gasteiger partial charge in [0.05, 0.1) is 11.8 Å². The number of amides is 2. The van der Waals surface area contributed by atoms with E-state index in [1.165, 1.54) is 12.8 Å². The van der Waals surface area contributed by atoms with E-state index in [0.29, 0.717) is 6.42 Å². The first-order valence-electron chi connectivity index (χ1n) is 10.1. The predicted molar refractivity (Wildman–Crippen MR) is 105 cm³/mol. The Balaban J connectivity index is 1.52. The lowest BCUT2D eigenvalue weighted by atomic mass is 10.2. The van der Waals surface area contributed by atoms with Crippen molar-refractivity contribution in [2.75, 3.05) is 36.4 Å². The van der Waals surface area contributed by atoms with Crippen LogP contribution in [-0.4, -0.2) is 42.9 Å². The van der Waals surface area contributed by atoms with Crippen molar-refractivity contribution < 1.29 is 9.59 Å². The topological polar surface area (TPSA) is 52.7 Å². The Bertz CT molecular complexity index is 617. The van der Waals surface area contributed by atoms with Crippen LogP contribution in [0.3, 0.4) is 0 Å². The molecule has 0 aromatic heterocycles. The molecular formula is C21H31N3O2. The maximum Gasteiger partial charge on any atom is 0.228 e. The summed E-state index contributed by atoms with van der Waals surface area (Å²) in [7, 11) is 0. The first kappa shape index (κ1) is 18.7. The molecule has 26 heavy (non-hydrogen) atoms. The molecule has 1 saturated carbocycles. The number of likely N-dealkylation sites (tertiary alicyclic amines) is 1. The van der Waals surface area contributed by atoms with Crippen LogP contribution in [0.25, 0.3) is 0 Å². The van der Waals surface area contributed by atoms with Crippen LogP contribution in [0.4, 0.5) is 11.4 Å². The highest BCUT2D eigenvalue weighted by molar-refractivity contribution is 5.99. The van der Waals surface area contributed by atoms with Crippen LogP contribution in [0.15, 0.2) is 24.3 Å². The molecule has 1 aliphatic carbocycles. The van der Waals surface area contributed by atoms with E-state index in [1.54, 1.807) is 0 Å². The number of carbonyl (C=O) groups is 2. The van der Waals surface area contributed by atoms with Gasteiger partial charge in [0, 0.05) is 37.6 Å². The second kappa shape index (κ2) is 8.56. The lowest BCUT2D eigenvalue weighted by Crippen LogP contribution is -2.34. The fourth-order valence-electron chi connectivity index (χ4n) is 3.86. The summed E-state index contributed by atoms with van der Waals surface area (Å²) in [6.45, 7) is 7.91. The molecule has 1 aromatic carbocycles. The SMILES string of the molecule is CCN(CC)c1ccc(NC(=O)C2CC2C(=O)N2CCCCCC2)cc1. The largest absolute Gasteiger partial charge is 0.372 e. The Morgan fingerprint density at radius 3 is 2.19 bits per heavy atom. The highest BCUT2D eigenvalue weighted by atomic mass is 16.2. The monoisotopic (exact) mass is 357 g/mol. The van der Waals surface area contributed by atoms with Crippen LogP contribution in [0.2, 0.25) is 0 Å². The maximum absolute atomic E-state index is 12.6. The molecule has 1 aromatic rings. The lowest BCUT2D eigenvalue weighted by molar-refractivity contribution is -0.134. The Morgan fingerprint density at radius 1 is 1.00 bits per heavy atom. The summed E-state index contributed by atoms with van der Waals surface area (Å²) in [6, 6.07) is 7.96. The van der Waals surface area contributed by atoms with E-state index < -0.39 is 0 Å². The molecule has 2 unspecified atom stereocenters. The minimum absolute atomic E-state index is 0.0197. The van der Waals surface area contributed by atoms with E-state index in [2.05, 4.69) is 24.1 Å². The summed E-state index contributed by atoms with van der Waals surface area (Å²) < 4.78 is 0. The van der Waals surface area contributed by atoms with Crippen molar-refractivity contribution in [3.63, 3.8) is 0 Å². The van der Waals surface area contributed by atoms with Gasteiger partial charge in [-0.25, -0.2) is 0 Å². The fraction of sp³-hybridized carbons (Fsp3) is 0.619. The quantitative estimate of drug-likeness (QED) is 0.848. The smallest absolute Gasteiger partial charge is 0.228 e. The molecule has 142 valence electrons. The molecule has 2 fully saturated rings. The normalized spacial score (nSPS) is 22.5. The third-order valence-corrected chi connectivity index (χ3v) is 5.63. The Morgan fingerprint density at radius 2 is 1.62 bits per heavy atom. The van der Waals surface area contributed by atoms with E-state index in [0.717, 1.165) is 50.4 Å². The van der Waals surface area contributed by atoms with Crippen LogP contribution >= 0.6 is 0 Å². The van der Waals surface area contributed by atoms with Crippen LogP contribution in [0, 0.1) is 11.8 Å². The highest BCUT2D eigenvalue weighted by Gasteiger charge is 2.49. The summed E-state index contributed by atoms with van der Waals surface area (Å²) in [5.74, 6) is -0.103. The Hall–Kier alpha value is -2.04. The summed E-state index contributed by atoms with van der Waals surface area (Å²) >= 11 is 0. The van der Waals surface area contributed by atoms with Crippen molar-refractivity contribution in [3.8, 4) is 0 Å². The molecule has 1 saturated heterocycles. The van der Waals surface area contributed by atoms with E-state index >= 15 is 0 Å². The zero-order chi connectivity index (χ0) is 18.5. The van der Waals surface area contributed by atoms with Gasteiger partial charge in [0.25, 0.3) is 0 Å². The first-order chi connectivity index (χ1) is 12.6. The number of benzene rings is 1. The van der Waals surface area contributed by atoms with E-state index in [9.17, 15) is 9.59 Å². The zero-order valence-corrected chi connectivity index (χ0v) is 16.0. The molecular weight excluding hydrogens is 326 g/mol. The van der Waals surface area contributed by atoms with Gasteiger partial charge in [-0.2, -0.15) is 0 Å². The number of carbonyl (C=O) groups excluding carboxylic acids is 2. The highest BCUT2D eigenvalue weighted by Crippen LogP contribution is 2.41. The molecule has 0 bridgehead atoms. The summed E-state index contributed by atoms with van der Waals surface area (Å²) in [5.41, 5.74) is 1.97. The second-order valence-corrected chi connectivity index (χ2v) is 7.40. The molecule has 1 N–H and O–H groups in total. The van der Waals surface area contributed by atoms with Crippen LogP contribution in [0.5, 0.6) is 0 Å². The first-order valence-corrected chi connectivity index (χ1v) is 10.1. The van der Waals surface area contributed by atoms with Gasteiger partial charge in [-0.1, -0.05) is 12.8 Å². The molecule has 2 atom stereocenters. The van der Waals surface area contributed by atoms with E-state index in [-0.39, 0.29) is 23.7 Å². The third kappa shape index (κ3) is 4.37. The molecule has 2 amide bonds.